The molecule has 0 N–H and O–H groups in total. The van der Waals surface area contributed by atoms with E-state index in [2.05, 4.69) is 24.9 Å². The summed E-state index contributed by atoms with van der Waals surface area (Å²) >= 11 is 0. The molecule has 1 fully saturated rings. The number of hydrogen-bond acceptors (Lipinski definition) is 2. The van der Waals surface area contributed by atoms with Crippen molar-refractivity contribution in [2.75, 3.05) is 13.6 Å². The van der Waals surface area contributed by atoms with Crippen molar-refractivity contribution in [1.82, 2.24) is 4.90 Å². The zero-order valence-corrected chi connectivity index (χ0v) is 6.46. The van der Waals surface area contributed by atoms with Gasteiger partial charge in [-0.15, -0.1) is 0 Å². The lowest BCUT2D eigenvalue weighted by Crippen LogP contribution is -2.20. The third kappa shape index (κ3) is 1.37. The van der Waals surface area contributed by atoms with Gasteiger partial charge in [0, 0.05) is 18.7 Å². The number of likely N-dealkylation sites (N-methyl/N-ethyl adjacent to an activating group) is 1. The van der Waals surface area contributed by atoms with E-state index in [0.29, 0.717) is 6.04 Å². The second kappa shape index (κ2) is 2.85. The molecule has 1 aliphatic rings. The van der Waals surface area contributed by atoms with Crippen LogP contribution in [0.15, 0.2) is 11.6 Å². The molecule has 2 nitrogen and oxygen atoms in total. The highest BCUT2D eigenvalue weighted by atomic mass is 15.1. The van der Waals surface area contributed by atoms with Crippen molar-refractivity contribution in [2.45, 2.75) is 19.4 Å². The fraction of sp³-hybridized carbons (Fsp3) is 0.625. The van der Waals surface area contributed by atoms with Crippen LogP contribution in [-0.2, 0) is 0 Å². The highest BCUT2D eigenvalue weighted by Crippen LogP contribution is 2.19. The van der Waals surface area contributed by atoms with E-state index in [9.17, 15) is 0 Å². The van der Waals surface area contributed by atoms with Crippen LogP contribution in [0.2, 0.25) is 0 Å². The molecular formula is C8H12N2. The summed E-state index contributed by atoms with van der Waals surface area (Å²) < 4.78 is 0. The quantitative estimate of drug-likeness (QED) is 0.467. The third-order valence-corrected chi connectivity index (χ3v) is 2.03. The van der Waals surface area contributed by atoms with Gasteiger partial charge in [-0.1, -0.05) is 0 Å². The van der Waals surface area contributed by atoms with Gasteiger partial charge in [0.15, 0.2) is 0 Å². The molecule has 1 aliphatic heterocycles. The molecule has 0 spiro atoms. The summed E-state index contributed by atoms with van der Waals surface area (Å²) in [5, 5.41) is 8.35. The van der Waals surface area contributed by atoms with E-state index in [4.69, 9.17) is 5.26 Å². The number of likely N-dealkylation sites (tertiary alicyclic amines) is 1. The van der Waals surface area contributed by atoms with Gasteiger partial charge in [0.2, 0.25) is 0 Å². The van der Waals surface area contributed by atoms with E-state index >= 15 is 0 Å². The van der Waals surface area contributed by atoms with Gasteiger partial charge >= 0.3 is 0 Å². The van der Waals surface area contributed by atoms with Crippen LogP contribution >= 0.6 is 0 Å². The van der Waals surface area contributed by atoms with Crippen LogP contribution in [0, 0.1) is 11.3 Å². The molecule has 2 heteroatoms. The topological polar surface area (TPSA) is 27.0 Å². The zero-order valence-electron chi connectivity index (χ0n) is 6.46. The smallest absolute Gasteiger partial charge is 0.0912 e. The first-order valence-electron chi connectivity index (χ1n) is 3.52. The summed E-state index contributed by atoms with van der Waals surface area (Å²) in [6.07, 6.45) is 2.73. The second-order valence-electron chi connectivity index (χ2n) is 2.90. The highest BCUT2D eigenvalue weighted by molar-refractivity contribution is 5.19. The van der Waals surface area contributed by atoms with E-state index in [1.165, 1.54) is 5.57 Å². The van der Waals surface area contributed by atoms with Crippen LogP contribution in [0.3, 0.4) is 0 Å². The first-order chi connectivity index (χ1) is 4.74. The summed E-state index contributed by atoms with van der Waals surface area (Å²) in [5.74, 6) is 0. The van der Waals surface area contributed by atoms with E-state index in [0.717, 1.165) is 13.0 Å². The fourth-order valence-electron chi connectivity index (χ4n) is 1.27. The first kappa shape index (κ1) is 7.30. The monoisotopic (exact) mass is 136 g/mol. The predicted octanol–water partition coefficient (Wildman–Crippen LogP) is 1.16. The lowest BCUT2D eigenvalue weighted by atomic mass is 10.2. The Morgan fingerprint density at radius 2 is 2.50 bits per heavy atom. The number of rotatable bonds is 0. The Kier molecular flexibility index (Phi) is 2.08. The molecule has 0 amide bonds. The molecule has 0 saturated carbocycles. The van der Waals surface area contributed by atoms with Crippen molar-refractivity contribution in [3.05, 3.63) is 11.6 Å². The van der Waals surface area contributed by atoms with Crippen LogP contribution in [0.5, 0.6) is 0 Å². The molecule has 0 aromatic heterocycles. The molecule has 0 radical (unpaired) electrons. The van der Waals surface area contributed by atoms with Crippen molar-refractivity contribution in [1.29, 1.82) is 5.26 Å². The van der Waals surface area contributed by atoms with Crippen LogP contribution in [-0.4, -0.2) is 24.5 Å². The number of nitrogens with zero attached hydrogens (tertiary/aromatic N) is 2. The Bertz CT molecular complexity index is 176. The number of hydrogen-bond donors (Lipinski definition) is 0. The molecule has 0 aliphatic carbocycles. The standard InChI is InChI=1S/C8H12N2/c1-7-5-8(3-4-9)6-10(7)2/h3,7H,5-6H2,1-2H3/b8-3+. The largest absolute Gasteiger partial charge is 0.299 e. The van der Waals surface area contributed by atoms with Crippen molar-refractivity contribution < 1.29 is 0 Å². The predicted molar refractivity (Wildman–Crippen MR) is 40.4 cm³/mol. The molecule has 10 heavy (non-hydrogen) atoms. The van der Waals surface area contributed by atoms with Gasteiger partial charge in [-0.25, -0.2) is 0 Å². The summed E-state index contributed by atoms with van der Waals surface area (Å²) in [4.78, 5) is 2.25. The van der Waals surface area contributed by atoms with Gasteiger partial charge in [0.05, 0.1) is 6.07 Å². The van der Waals surface area contributed by atoms with Gasteiger partial charge < -0.3 is 0 Å². The van der Waals surface area contributed by atoms with E-state index in [1.54, 1.807) is 6.08 Å². The zero-order chi connectivity index (χ0) is 7.56. The fourth-order valence-corrected chi connectivity index (χ4v) is 1.27. The molecule has 1 heterocycles. The Balaban J connectivity index is 2.59. The van der Waals surface area contributed by atoms with E-state index in [-0.39, 0.29) is 0 Å². The SMILES string of the molecule is CC1C/C(=C\C#N)CN1C. The van der Waals surface area contributed by atoms with Gasteiger partial charge in [0.1, 0.15) is 0 Å². The summed E-state index contributed by atoms with van der Waals surface area (Å²) in [6, 6.07) is 2.67. The van der Waals surface area contributed by atoms with Gasteiger partial charge in [-0.3, -0.25) is 4.90 Å². The Morgan fingerprint density at radius 1 is 1.80 bits per heavy atom. The van der Waals surface area contributed by atoms with Crippen LogP contribution in [0.1, 0.15) is 13.3 Å². The lowest BCUT2D eigenvalue weighted by molar-refractivity contribution is 0.332. The van der Waals surface area contributed by atoms with Crippen molar-refractivity contribution in [3.63, 3.8) is 0 Å². The molecule has 0 aromatic carbocycles. The van der Waals surface area contributed by atoms with Gasteiger partial charge in [-0.2, -0.15) is 5.26 Å². The normalized spacial score (nSPS) is 30.9. The second-order valence-corrected chi connectivity index (χ2v) is 2.90. The minimum atomic E-state index is 0.611. The third-order valence-electron chi connectivity index (χ3n) is 2.03. The molecule has 54 valence electrons. The summed E-state index contributed by atoms with van der Waals surface area (Å²) in [7, 11) is 2.09. The minimum Gasteiger partial charge on any atom is -0.299 e. The first-order valence-corrected chi connectivity index (χ1v) is 3.52. The average molecular weight is 136 g/mol. The molecule has 0 bridgehead atoms. The Labute approximate surface area is 61.8 Å². The maximum Gasteiger partial charge on any atom is 0.0912 e. The molecule has 1 unspecified atom stereocenters. The van der Waals surface area contributed by atoms with Crippen LogP contribution in [0.25, 0.3) is 0 Å². The maximum absolute atomic E-state index is 8.35. The molecule has 0 aromatic rings. The van der Waals surface area contributed by atoms with Crippen LogP contribution in [0.4, 0.5) is 0 Å². The van der Waals surface area contributed by atoms with Crippen molar-refractivity contribution >= 4 is 0 Å². The molecule has 1 rings (SSSR count). The average Bonchev–Trinajstić information content (AvgIpc) is 2.14. The van der Waals surface area contributed by atoms with Crippen molar-refractivity contribution in [2.24, 2.45) is 0 Å². The lowest BCUT2D eigenvalue weighted by Gasteiger charge is -2.11. The highest BCUT2D eigenvalue weighted by Gasteiger charge is 2.19. The number of allylic oxidation sites excluding steroid dienone is 1. The molecule has 1 saturated heterocycles. The van der Waals surface area contributed by atoms with Crippen LogP contribution < -0.4 is 0 Å². The maximum atomic E-state index is 8.35. The summed E-state index contributed by atoms with van der Waals surface area (Å²) in [5.41, 5.74) is 1.26. The molecule has 1 atom stereocenters. The van der Waals surface area contributed by atoms with E-state index in [1.807, 2.05) is 0 Å². The van der Waals surface area contributed by atoms with Crippen molar-refractivity contribution in [3.8, 4) is 6.07 Å². The number of nitriles is 1. The minimum absolute atomic E-state index is 0.611. The molecular weight excluding hydrogens is 124 g/mol. The van der Waals surface area contributed by atoms with Gasteiger partial charge in [-0.05, 0) is 26.0 Å². The van der Waals surface area contributed by atoms with E-state index < -0.39 is 0 Å². The van der Waals surface area contributed by atoms with Gasteiger partial charge in [0.25, 0.3) is 0 Å². The summed E-state index contributed by atoms with van der Waals surface area (Å²) in [6.45, 7) is 3.15. The Morgan fingerprint density at radius 3 is 2.90 bits per heavy atom. The Hall–Kier alpha value is -0.810.